The summed E-state index contributed by atoms with van der Waals surface area (Å²) in [7, 11) is 1.64. The van der Waals surface area contributed by atoms with Crippen molar-refractivity contribution in [3.8, 4) is 5.75 Å². The summed E-state index contributed by atoms with van der Waals surface area (Å²) >= 11 is 0. The maximum atomic E-state index is 12.5. The SMILES string of the molecule is COc1ccc(CCNc2ccc(NC(=O)c3cccc([N+](=O)[O-])c3C)cn2)cc1. The largest absolute Gasteiger partial charge is 0.497 e. The van der Waals surface area contributed by atoms with Crippen LogP contribution in [0.1, 0.15) is 21.5 Å². The number of hydrogen-bond donors (Lipinski definition) is 2. The van der Waals surface area contributed by atoms with E-state index < -0.39 is 10.8 Å². The zero-order chi connectivity index (χ0) is 21.5. The van der Waals surface area contributed by atoms with Crippen LogP contribution in [0.15, 0.2) is 60.8 Å². The number of pyridine rings is 1. The molecule has 1 heterocycles. The molecule has 0 saturated carbocycles. The quantitative estimate of drug-likeness (QED) is 0.429. The Hall–Kier alpha value is -3.94. The predicted molar refractivity (Wildman–Crippen MR) is 115 cm³/mol. The normalized spacial score (nSPS) is 10.3. The third-order valence-corrected chi connectivity index (χ3v) is 4.65. The molecule has 0 aliphatic carbocycles. The molecule has 0 bridgehead atoms. The molecule has 0 spiro atoms. The smallest absolute Gasteiger partial charge is 0.273 e. The van der Waals surface area contributed by atoms with Crippen LogP contribution in [0.2, 0.25) is 0 Å². The number of rotatable bonds is 8. The topological polar surface area (TPSA) is 106 Å². The number of amides is 1. The average molecular weight is 406 g/mol. The first-order chi connectivity index (χ1) is 14.5. The molecule has 8 nitrogen and oxygen atoms in total. The van der Waals surface area contributed by atoms with Gasteiger partial charge in [-0.25, -0.2) is 4.98 Å². The second kappa shape index (κ2) is 9.51. The predicted octanol–water partition coefficient (Wildman–Crippen LogP) is 4.21. The third kappa shape index (κ3) is 5.11. The minimum atomic E-state index is -0.500. The van der Waals surface area contributed by atoms with E-state index in [9.17, 15) is 14.9 Å². The van der Waals surface area contributed by atoms with Crippen LogP contribution in [0.3, 0.4) is 0 Å². The van der Waals surface area contributed by atoms with E-state index in [1.165, 1.54) is 17.7 Å². The Kier molecular flexibility index (Phi) is 6.59. The van der Waals surface area contributed by atoms with E-state index in [0.29, 0.717) is 23.6 Å². The lowest BCUT2D eigenvalue weighted by atomic mass is 10.1. The minimum absolute atomic E-state index is 0.0859. The van der Waals surface area contributed by atoms with Crippen molar-refractivity contribution < 1.29 is 14.5 Å². The van der Waals surface area contributed by atoms with Gasteiger partial charge in [-0.1, -0.05) is 18.2 Å². The fourth-order valence-electron chi connectivity index (χ4n) is 2.97. The van der Waals surface area contributed by atoms with Gasteiger partial charge < -0.3 is 15.4 Å². The Morgan fingerprint density at radius 2 is 1.90 bits per heavy atom. The van der Waals surface area contributed by atoms with Gasteiger partial charge in [0.25, 0.3) is 11.6 Å². The molecular weight excluding hydrogens is 384 g/mol. The number of ether oxygens (including phenoxy) is 1. The summed E-state index contributed by atoms with van der Waals surface area (Å²) in [6.45, 7) is 2.26. The molecule has 2 aromatic carbocycles. The highest BCUT2D eigenvalue weighted by molar-refractivity contribution is 6.05. The molecule has 30 heavy (non-hydrogen) atoms. The van der Waals surface area contributed by atoms with Crippen LogP contribution in [0.5, 0.6) is 5.75 Å². The number of benzene rings is 2. The first-order valence-electron chi connectivity index (χ1n) is 9.36. The van der Waals surface area contributed by atoms with E-state index in [2.05, 4.69) is 15.6 Å². The zero-order valence-corrected chi connectivity index (χ0v) is 16.7. The van der Waals surface area contributed by atoms with Gasteiger partial charge in [-0.3, -0.25) is 14.9 Å². The molecule has 0 aliphatic heterocycles. The van der Waals surface area contributed by atoms with Crippen LogP contribution in [0.25, 0.3) is 0 Å². The second-order valence-electron chi connectivity index (χ2n) is 6.62. The molecule has 0 atom stereocenters. The lowest BCUT2D eigenvalue weighted by Crippen LogP contribution is -2.14. The Morgan fingerprint density at radius 1 is 1.13 bits per heavy atom. The lowest BCUT2D eigenvalue weighted by Gasteiger charge is -2.09. The summed E-state index contributed by atoms with van der Waals surface area (Å²) in [5.74, 6) is 1.09. The average Bonchev–Trinajstić information content (AvgIpc) is 2.75. The number of carbonyl (C=O) groups excluding carboxylic acids is 1. The van der Waals surface area contributed by atoms with Crippen LogP contribution >= 0.6 is 0 Å². The number of carbonyl (C=O) groups is 1. The van der Waals surface area contributed by atoms with Crippen molar-refractivity contribution in [2.24, 2.45) is 0 Å². The maximum Gasteiger partial charge on any atom is 0.273 e. The lowest BCUT2D eigenvalue weighted by molar-refractivity contribution is -0.385. The summed E-state index contributed by atoms with van der Waals surface area (Å²) in [5, 5.41) is 17.0. The molecule has 3 rings (SSSR count). The van der Waals surface area contributed by atoms with Crippen LogP contribution in [0, 0.1) is 17.0 Å². The molecule has 2 N–H and O–H groups in total. The fraction of sp³-hybridized carbons (Fsp3) is 0.182. The van der Waals surface area contributed by atoms with Crippen molar-refractivity contribution in [3.05, 3.63) is 87.6 Å². The van der Waals surface area contributed by atoms with E-state index >= 15 is 0 Å². The molecule has 154 valence electrons. The number of nitro groups is 1. The van der Waals surface area contributed by atoms with E-state index in [-0.39, 0.29) is 11.3 Å². The number of aromatic nitrogens is 1. The maximum absolute atomic E-state index is 12.5. The Bertz CT molecular complexity index is 1030. The number of nitro benzene ring substituents is 1. The van der Waals surface area contributed by atoms with Crippen molar-refractivity contribution >= 4 is 23.1 Å². The Morgan fingerprint density at radius 3 is 2.53 bits per heavy atom. The highest BCUT2D eigenvalue weighted by atomic mass is 16.6. The molecule has 0 saturated heterocycles. The standard InChI is InChI=1S/C22H22N4O4/c1-15-19(4-3-5-20(15)26(28)29)22(27)25-17-8-11-21(24-14-17)23-13-12-16-6-9-18(30-2)10-7-16/h3-11,14H,12-13H2,1-2H3,(H,23,24)(H,25,27). The zero-order valence-electron chi connectivity index (χ0n) is 16.7. The minimum Gasteiger partial charge on any atom is -0.497 e. The van der Waals surface area contributed by atoms with E-state index in [4.69, 9.17) is 4.74 Å². The van der Waals surface area contributed by atoms with Gasteiger partial charge in [0.15, 0.2) is 0 Å². The third-order valence-electron chi connectivity index (χ3n) is 4.65. The van der Waals surface area contributed by atoms with Crippen molar-refractivity contribution in [1.29, 1.82) is 0 Å². The van der Waals surface area contributed by atoms with Crippen LogP contribution < -0.4 is 15.4 Å². The molecule has 8 heteroatoms. The summed E-state index contributed by atoms with van der Waals surface area (Å²) in [6, 6.07) is 15.8. The first-order valence-corrected chi connectivity index (χ1v) is 9.36. The number of methoxy groups -OCH3 is 1. The van der Waals surface area contributed by atoms with E-state index in [0.717, 1.165) is 12.2 Å². The summed E-state index contributed by atoms with van der Waals surface area (Å²) in [4.78, 5) is 27.3. The molecule has 0 unspecified atom stereocenters. The van der Waals surface area contributed by atoms with Crippen LogP contribution in [0.4, 0.5) is 17.2 Å². The van der Waals surface area contributed by atoms with Crippen molar-refractivity contribution in [1.82, 2.24) is 4.98 Å². The van der Waals surface area contributed by atoms with Gasteiger partial charge in [-0.2, -0.15) is 0 Å². The summed E-state index contributed by atoms with van der Waals surface area (Å²) in [5.41, 5.74) is 2.18. The number of nitrogens with one attached hydrogen (secondary N) is 2. The summed E-state index contributed by atoms with van der Waals surface area (Å²) in [6.07, 6.45) is 2.37. The van der Waals surface area contributed by atoms with E-state index in [1.807, 2.05) is 24.3 Å². The van der Waals surface area contributed by atoms with Gasteiger partial charge in [0.1, 0.15) is 11.6 Å². The van der Waals surface area contributed by atoms with Gasteiger partial charge >= 0.3 is 0 Å². The van der Waals surface area contributed by atoms with Crippen molar-refractivity contribution in [3.63, 3.8) is 0 Å². The monoisotopic (exact) mass is 406 g/mol. The molecule has 0 fully saturated rings. The molecular formula is C22H22N4O4. The van der Waals surface area contributed by atoms with Gasteiger partial charge in [0.05, 0.1) is 23.9 Å². The van der Waals surface area contributed by atoms with Crippen molar-refractivity contribution in [2.45, 2.75) is 13.3 Å². The number of hydrogen-bond acceptors (Lipinski definition) is 6. The van der Waals surface area contributed by atoms with Gasteiger partial charge in [-0.15, -0.1) is 0 Å². The second-order valence-corrected chi connectivity index (χ2v) is 6.62. The van der Waals surface area contributed by atoms with Crippen LogP contribution in [-0.4, -0.2) is 29.5 Å². The van der Waals surface area contributed by atoms with Gasteiger partial charge in [0.2, 0.25) is 0 Å². The highest BCUT2D eigenvalue weighted by Crippen LogP contribution is 2.22. The molecule has 3 aromatic rings. The number of anilines is 2. The van der Waals surface area contributed by atoms with Gasteiger partial charge in [-0.05, 0) is 49.2 Å². The van der Waals surface area contributed by atoms with Gasteiger partial charge in [0, 0.05) is 23.7 Å². The van der Waals surface area contributed by atoms with Crippen LogP contribution in [-0.2, 0) is 6.42 Å². The molecule has 0 radical (unpaired) electrons. The Balaban J connectivity index is 1.56. The summed E-state index contributed by atoms with van der Waals surface area (Å²) < 4.78 is 5.15. The number of nitrogens with zero attached hydrogens (tertiary/aromatic N) is 2. The Labute approximate surface area is 174 Å². The molecule has 1 amide bonds. The first kappa shape index (κ1) is 20.8. The molecule has 1 aromatic heterocycles. The highest BCUT2D eigenvalue weighted by Gasteiger charge is 2.18. The van der Waals surface area contributed by atoms with E-state index in [1.54, 1.807) is 38.4 Å². The van der Waals surface area contributed by atoms with Crippen molar-refractivity contribution in [2.75, 3.05) is 24.3 Å². The fourth-order valence-corrected chi connectivity index (χ4v) is 2.97. The molecule has 0 aliphatic rings.